The van der Waals surface area contributed by atoms with Crippen LogP contribution in [0.15, 0.2) is 40.4 Å². The number of carboxylic acids is 1. The van der Waals surface area contributed by atoms with E-state index in [4.69, 9.17) is 9.84 Å². The summed E-state index contributed by atoms with van der Waals surface area (Å²) in [4.78, 5) is 10.3. The summed E-state index contributed by atoms with van der Waals surface area (Å²) in [6, 6.07) is 7.37. The Kier molecular flexibility index (Phi) is 4.37. The van der Waals surface area contributed by atoms with Gasteiger partial charge in [-0.2, -0.15) is 0 Å². The highest BCUT2D eigenvalue weighted by Gasteiger charge is 1.97. The number of hydrogen-bond acceptors (Lipinski definition) is 2. The zero-order valence-electron chi connectivity index (χ0n) is 8.24. The van der Waals surface area contributed by atoms with Gasteiger partial charge in [0.1, 0.15) is 12.4 Å². The van der Waals surface area contributed by atoms with Gasteiger partial charge in [-0.25, -0.2) is 4.79 Å². The van der Waals surface area contributed by atoms with Gasteiger partial charge in [0.25, 0.3) is 0 Å². The van der Waals surface area contributed by atoms with Crippen LogP contribution in [0.25, 0.3) is 0 Å². The summed E-state index contributed by atoms with van der Waals surface area (Å²) in [5, 5.41) is 8.48. The number of benzene rings is 1. The standard InChI is InChI=1S/C11H11BrO3/c1-8(6-11(13)14)7-15-10-4-2-9(12)3-5-10/h2-6H,7H2,1H3,(H,13,14). The summed E-state index contributed by atoms with van der Waals surface area (Å²) < 4.78 is 6.35. The van der Waals surface area contributed by atoms with Crippen molar-refractivity contribution in [2.45, 2.75) is 6.92 Å². The van der Waals surface area contributed by atoms with Gasteiger partial charge in [-0.05, 0) is 36.8 Å². The van der Waals surface area contributed by atoms with Crippen molar-refractivity contribution in [1.29, 1.82) is 0 Å². The van der Waals surface area contributed by atoms with E-state index in [0.29, 0.717) is 5.57 Å². The molecule has 0 atom stereocenters. The van der Waals surface area contributed by atoms with E-state index >= 15 is 0 Å². The molecule has 1 N–H and O–H groups in total. The van der Waals surface area contributed by atoms with Crippen LogP contribution in [0.1, 0.15) is 6.92 Å². The van der Waals surface area contributed by atoms with E-state index in [1.54, 1.807) is 6.92 Å². The predicted octanol–water partition coefficient (Wildman–Crippen LogP) is 2.86. The molecule has 0 aliphatic heterocycles. The fourth-order valence-corrected chi connectivity index (χ4v) is 1.24. The lowest BCUT2D eigenvalue weighted by Crippen LogP contribution is -2.01. The van der Waals surface area contributed by atoms with E-state index < -0.39 is 5.97 Å². The fourth-order valence-electron chi connectivity index (χ4n) is 0.980. The molecule has 1 aromatic rings. The quantitative estimate of drug-likeness (QED) is 0.856. The minimum atomic E-state index is -0.952. The Morgan fingerprint density at radius 3 is 2.60 bits per heavy atom. The van der Waals surface area contributed by atoms with Gasteiger partial charge in [-0.15, -0.1) is 0 Å². The topological polar surface area (TPSA) is 46.5 Å². The number of hydrogen-bond donors (Lipinski definition) is 1. The van der Waals surface area contributed by atoms with Crippen molar-refractivity contribution in [3.8, 4) is 5.75 Å². The largest absolute Gasteiger partial charge is 0.489 e. The second kappa shape index (κ2) is 5.56. The molecular formula is C11H11BrO3. The summed E-state index contributed by atoms with van der Waals surface area (Å²) in [6.45, 7) is 2.00. The third-order valence-corrected chi connectivity index (χ3v) is 2.18. The van der Waals surface area contributed by atoms with Crippen LogP contribution in [-0.2, 0) is 4.79 Å². The van der Waals surface area contributed by atoms with Crippen LogP contribution in [-0.4, -0.2) is 17.7 Å². The monoisotopic (exact) mass is 270 g/mol. The summed E-state index contributed by atoms with van der Waals surface area (Å²) in [6.07, 6.45) is 1.14. The molecular weight excluding hydrogens is 260 g/mol. The molecule has 80 valence electrons. The van der Waals surface area contributed by atoms with Gasteiger partial charge in [0.05, 0.1) is 0 Å². The third kappa shape index (κ3) is 4.65. The van der Waals surface area contributed by atoms with Crippen molar-refractivity contribution in [3.05, 3.63) is 40.4 Å². The van der Waals surface area contributed by atoms with Gasteiger partial charge in [0.2, 0.25) is 0 Å². The summed E-state index contributed by atoms with van der Waals surface area (Å²) >= 11 is 3.31. The zero-order valence-corrected chi connectivity index (χ0v) is 9.82. The number of carboxylic acid groups (broad SMARTS) is 1. The Bertz CT molecular complexity index is 368. The van der Waals surface area contributed by atoms with Crippen LogP contribution in [0.3, 0.4) is 0 Å². The van der Waals surface area contributed by atoms with E-state index in [1.165, 1.54) is 0 Å². The number of aliphatic carboxylic acids is 1. The second-order valence-electron chi connectivity index (χ2n) is 3.07. The normalized spacial score (nSPS) is 11.2. The summed E-state index contributed by atoms with van der Waals surface area (Å²) in [5.41, 5.74) is 0.672. The van der Waals surface area contributed by atoms with Gasteiger partial charge in [-0.1, -0.05) is 15.9 Å². The van der Waals surface area contributed by atoms with E-state index in [1.807, 2.05) is 24.3 Å². The number of ether oxygens (including phenoxy) is 1. The summed E-state index contributed by atoms with van der Waals surface area (Å²) in [5.74, 6) is -0.233. The van der Waals surface area contributed by atoms with Crippen LogP contribution in [0, 0.1) is 0 Å². The third-order valence-electron chi connectivity index (χ3n) is 1.65. The summed E-state index contributed by atoms with van der Waals surface area (Å²) in [7, 11) is 0. The highest BCUT2D eigenvalue weighted by molar-refractivity contribution is 9.10. The molecule has 0 spiro atoms. The molecule has 0 saturated heterocycles. The molecule has 0 radical (unpaired) electrons. The van der Waals surface area contributed by atoms with Crippen LogP contribution in [0.2, 0.25) is 0 Å². The first-order valence-electron chi connectivity index (χ1n) is 4.36. The van der Waals surface area contributed by atoms with E-state index in [9.17, 15) is 4.79 Å². The maximum Gasteiger partial charge on any atom is 0.328 e. The smallest absolute Gasteiger partial charge is 0.328 e. The first-order chi connectivity index (χ1) is 7.08. The van der Waals surface area contributed by atoms with Crippen LogP contribution < -0.4 is 4.74 Å². The fraction of sp³-hybridized carbons (Fsp3) is 0.182. The van der Waals surface area contributed by atoms with E-state index in [-0.39, 0.29) is 6.61 Å². The highest BCUT2D eigenvalue weighted by Crippen LogP contribution is 2.16. The average molecular weight is 271 g/mol. The zero-order chi connectivity index (χ0) is 11.3. The minimum absolute atomic E-state index is 0.286. The Hall–Kier alpha value is -1.29. The van der Waals surface area contributed by atoms with Gasteiger partial charge in [0, 0.05) is 10.5 Å². The van der Waals surface area contributed by atoms with Crippen LogP contribution >= 0.6 is 15.9 Å². The van der Waals surface area contributed by atoms with Crippen LogP contribution in [0.4, 0.5) is 0 Å². The molecule has 0 aromatic heterocycles. The molecule has 0 unspecified atom stereocenters. The Morgan fingerprint density at radius 2 is 2.07 bits per heavy atom. The number of carbonyl (C=O) groups is 1. The SMILES string of the molecule is CC(=CC(=O)O)COc1ccc(Br)cc1. The average Bonchev–Trinajstić information content (AvgIpc) is 2.16. The minimum Gasteiger partial charge on any atom is -0.489 e. The maximum atomic E-state index is 10.3. The molecule has 15 heavy (non-hydrogen) atoms. The lowest BCUT2D eigenvalue weighted by molar-refractivity contribution is -0.131. The van der Waals surface area contributed by atoms with Gasteiger partial charge in [0.15, 0.2) is 0 Å². The molecule has 0 aliphatic carbocycles. The van der Waals surface area contributed by atoms with E-state index in [0.717, 1.165) is 16.3 Å². The van der Waals surface area contributed by atoms with E-state index in [2.05, 4.69) is 15.9 Å². The molecule has 0 fully saturated rings. The Morgan fingerprint density at radius 1 is 1.47 bits per heavy atom. The number of rotatable bonds is 4. The molecule has 0 aliphatic rings. The molecule has 0 saturated carbocycles. The van der Waals surface area contributed by atoms with Crippen molar-refractivity contribution in [3.63, 3.8) is 0 Å². The molecule has 3 nitrogen and oxygen atoms in total. The molecule has 0 bridgehead atoms. The first kappa shape index (κ1) is 11.8. The van der Waals surface area contributed by atoms with Crippen molar-refractivity contribution in [1.82, 2.24) is 0 Å². The maximum absolute atomic E-state index is 10.3. The first-order valence-corrected chi connectivity index (χ1v) is 5.15. The lowest BCUT2D eigenvalue weighted by Gasteiger charge is -2.05. The van der Waals surface area contributed by atoms with Gasteiger partial charge < -0.3 is 9.84 Å². The Labute approximate surface area is 96.5 Å². The lowest BCUT2D eigenvalue weighted by atomic mass is 10.3. The molecule has 1 aromatic carbocycles. The second-order valence-corrected chi connectivity index (χ2v) is 3.99. The van der Waals surface area contributed by atoms with Crippen LogP contribution in [0.5, 0.6) is 5.75 Å². The van der Waals surface area contributed by atoms with Crippen molar-refractivity contribution >= 4 is 21.9 Å². The number of halogens is 1. The van der Waals surface area contributed by atoms with Crippen molar-refractivity contribution in [2.75, 3.05) is 6.61 Å². The molecule has 1 rings (SSSR count). The molecule has 0 heterocycles. The predicted molar refractivity (Wildman–Crippen MR) is 61.0 cm³/mol. The Balaban J connectivity index is 2.50. The van der Waals surface area contributed by atoms with Gasteiger partial charge in [-0.3, -0.25) is 0 Å². The van der Waals surface area contributed by atoms with Gasteiger partial charge >= 0.3 is 5.97 Å². The molecule has 4 heteroatoms. The van der Waals surface area contributed by atoms with Crippen molar-refractivity contribution < 1.29 is 14.6 Å². The molecule has 0 amide bonds. The highest BCUT2D eigenvalue weighted by atomic mass is 79.9. The van der Waals surface area contributed by atoms with Crippen molar-refractivity contribution in [2.24, 2.45) is 0 Å².